The van der Waals surface area contributed by atoms with Crippen molar-refractivity contribution in [1.82, 2.24) is 4.90 Å². The Balaban J connectivity index is 2.54. The van der Waals surface area contributed by atoms with Crippen molar-refractivity contribution in [2.75, 3.05) is 18.4 Å². The highest BCUT2D eigenvalue weighted by Crippen LogP contribution is 2.13. The molecule has 0 bridgehead atoms. The highest BCUT2D eigenvalue weighted by molar-refractivity contribution is 7.85. The van der Waals surface area contributed by atoms with E-state index in [1.807, 2.05) is 0 Å². The fraction of sp³-hybridized carbons (Fsp3) is 0.571. The number of nitrogens with zero attached hydrogens (tertiary/aromatic N) is 1. The van der Waals surface area contributed by atoms with Crippen LogP contribution in [0.25, 0.3) is 0 Å². The van der Waals surface area contributed by atoms with E-state index in [0.29, 0.717) is 12.1 Å². The number of rotatable bonds is 7. The van der Waals surface area contributed by atoms with Gasteiger partial charge in [-0.2, -0.15) is 8.42 Å². The summed E-state index contributed by atoms with van der Waals surface area (Å²) in [4.78, 5) is 2.29. The third kappa shape index (κ3) is 5.11. The second kappa shape index (κ2) is 7.06. The fourth-order valence-corrected chi connectivity index (χ4v) is 2.67. The van der Waals surface area contributed by atoms with Crippen LogP contribution < -0.4 is 5.32 Å². The first-order valence-corrected chi connectivity index (χ1v) is 8.23. The van der Waals surface area contributed by atoms with Gasteiger partial charge in [0.25, 0.3) is 10.1 Å². The van der Waals surface area contributed by atoms with Crippen LogP contribution in [0.4, 0.5) is 5.69 Å². The van der Waals surface area contributed by atoms with Crippen LogP contribution in [0.2, 0.25) is 0 Å². The van der Waals surface area contributed by atoms with Gasteiger partial charge in [0.05, 0.1) is 4.90 Å². The summed E-state index contributed by atoms with van der Waals surface area (Å²) in [7, 11) is -4.11. The molecule has 0 atom stereocenters. The average Bonchev–Trinajstić information content (AvgIpc) is 2.33. The number of nitrogens with one attached hydrogen (secondary N) is 1. The number of anilines is 1. The zero-order valence-electron chi connectivity index (χ0n) is 12.5. The summed E-state index contributed by atoms with van der Waals surface area (Å²) in [5, 5.41) is 3.25. The van der Waals surface area contributed by atoms with Gasteiger partial charge in [-0.25, -0.2) is 0 Å². The minimum atomic E-state index is -4.11. The lowest BCUT2D eigenvalue weighted by Gasteiger charge is -2.30. The Hall–Kier alpha value is -1.11. The van der Waals surface area contributed by atoms with Crippen LogP contribution in [-0.2, 0) is 10.1 Å². The summed E-state index contributed by atoms with van der Waals surface area (Å²) in [5.74, 6) is 0. The highest BCUT2D eigenvalue weighted by atomic mass is 32.2. The summed E-state index contributed by atoms with van der Waals surface area (Å²) < 4.78 is 30.7. The molecule has 0 fully saturated rings. The van der Waals surface area contributed by atoms with Gasteiger partial charge in [-0.05, 0) is 52.0 Å². The molecule has 114 valence electrons. The highest BCUT2D eigenvalue weighted by Gasteiger charge is 2.12. The van der Waals surface area contributed by atoms with E-state index < -0.39 is 10.1 Å². The van der Waals surface area contributed by atoms with Crippen LogP contribution in [-0.4, -0.2) is 43.0 Å². The molecule has 2 N–H and O–H groups in total. The Labute approximate surface area is 121 Å². The third-order valence-electron chi connectivity index (χ3n) is 3.18. The van der Waals surface area contributed by atoms with Crippen molar-refractivity contribution < 1.29 is 13.0 Å². The number of hydrogen-bond acceptors (Lipinski definition) is 4. The van der Waals surface area contributed by atoms with E-state index in [4.69, 9.17) is 4.55 Å². The van der Waals surface area contributed by atoms with Crippen molar-refractivity contribution in [2.24, 2.45) is 0 Å². The quantitative estimate of drug-likeness (QED) is 0.757. The standard InChI is InChI=1S/C14H24N2O3S/c1-11(2)16(12(3)4)10-9-15-13-5-7-14(8-6-13)20(17,18)19/h5-8,11-12,15H,9-10H2,1-4H3,(H,17,18,19). The normalized spacial score (nSPS) is 12.4. The lowest BCUT2D eigenvalue weighted by atomic mass is 10.2. The maximum Gasteiger partial charge on any atom is 0.294 e. The Morgan fingerprint density at radius 3 is 2.00 bits per heavy atom. The molecule has 0 saturated carbocycles. The Morgan fingerprint density at radius 1 is 1.10 bits per heavy atom. The molecule has 1 aromatic carbocycles. The molecule has 0 spiro atoms. The number of hydrogen-bond donors (Lipinski definition) is 2. The molecule has 5 nitrogen and oxygen atoms in total. The summed E-state index contributed by atoms with van der Waals surface area (Å²) in [6.07, 6.45) is 0. The van der Waals surface area contributed by atoms with Crippen molar-refractivity contribution in [3.63, 3.8) is 0 Å². The average molecular weight is 300 g/mol. The summed E-state index contributed by atoms with van der Waals surface area (Å²) in [6.45, 7) is 10.4. The zero-order valence-corrected chi connectivity index (χ0v) is 13.3. The third-order valence-corrected chi connectivity index (χ3v) is 4.05. The molecule has 0 amide bonds. The van der Waals surface area contributed by atoms with Crippen LogP contribution in [0, 0.1) is 0 Å². The van der Waals surface area contributed by atoms with E-state index in [2.05, 4.69) is 37.9 Å². The molecule has 0 radical (unpaired) electrons. The smallest absolute Gasteiger partial charge is 0.294 e. The van der Waals surface area contributed by atoms with Crippen LogP contribution in [0.5, 0.6) is 0 Å². The first-order valence-electron chi connectivity index (χ1n) is 6.79. The molecule has 1 rings (SSSR count). The Bertz CT molecular complexity index is 502. The van der Waals surface area contributed by atoms with Gasteiger partial charge in [-0.1, -0.05) is 0 Å². The van der Waals surface area contributed by atoms with Gasteiger partial charge >= 0.3 is 0 Å². The first-order chi connectivity index (χ1) is 9.21. The molecule has 0 aliphatic heterocycles. The predicted octanol–water partition coefficient (Wildman–Crippen LogP) is 2.46. The van der Waals surface area contributed by atoms with E-state index in [1.54, 1.807) is 12.1 Å². The SMILES string of the molecule is CC(C)N(CCNc1ccc(S(=O)(=O)O)cc1)C(C)C. The van der Waals surface area contributed by atoms with Crippen molar-refractivity contribution in [2.45, 2.75) is 44.7 Å². The molecule has 20 heavy (non-hydrogen) atoms. The van der Waals surface area contributed by atoms with Crippen molar-refractivity contribution in [1.29, 1.82) is 0 Å². The van der Waals surface area contributed by atoms with E-state index in [9.17, 15) is 8.42 Å². The predicted molar refractivity (Wildman–Crippen MR) is 81.7 cm³/mol. The van der Waals surface area contributed by atoms with Crippen molar-refractivity contribution >= 4 is 15.8 Å². The van der Waals surface area contributed by atoms with E-state index in [1.165, 1.54) is 12.1 Å². The van der Waals surface area contributed by atoms with Gasteiger partial charge in [0.1, 0.15) is 0 Å². The van der Waals surface area contributed by atoms with Crippen molar-refractivity contribution in [3.8, 4) is 0 Å². The van der Waals surface area contributed by atoms with Gasteiger partial charge in [0.2, 0.25) is 0 Å². The molecule has 0 aliphatic rings. The summed E-state index contributed by atoms with van der Waals surface area (Å²) >= 11 is 0. The monoisotopic (exact) mass is 300 g/mol. The van der Waals surface area contributed by atoms with E-state index >= 15 is 0 Å². The van der Waals surface area contributed by atoms with Crippen LogP contribution in [0.3, 0.4) is 0 Å². The maximum absolute atomic E-state index is 10.9. The topological polar surface area (TPSA) is 69.6 Å². The molecule has 0 saturated heterocycles. The van der Waals surface area contributed by atoms with Gasteiger partial charge < -0.3 is 5.32 Å². The van der Waals surface area contributed by atoms with E-state index in [-0.39, 0.29) is 4.90 Å². The molecule has 6 heteroatoms. The van der Waals surface area contributed by atoms with Gasteiger partial charge in [0, 0.05) is 30.9 Å². The Morgan fingerprint density at radius 2 is 1.60 bits per heavy atom. The van der Waals surface area contributed by atoms with Crippen LogP contribution >= 0.6 is 0 Å². The number of benzene rings is 1. The lowest BCUT2D eigenvalue weighted by molar-refractivity contribution is 0.182. The fourth-order valence-electron chi connectivity index (χ4n) is 2.19. The first kappa shape index (κ1) is 16.9. The van der Waals surface area contributed by atoms with Crippen LogP contribution in [0.15, 0.2) is 29.2 Å². The Kier molecular flexibility index (Phi) is 5.98. The molecule has 0 unspecified atom stereocenters. The second-order valence-corrected chi connectivity index (χ2v) is 6.77. The van der Waals surface area contributed by atoms with Crippen LogP contribution in [0.1, 0.15) is 27.7 Å². The van der Waals surface area contributed by atoms with Crippen molar-refractivity contribution in [3.05, 3.63) is 24.3 Å². The minimum absolute atomic E-state index is 0.0889. The zero-order chi connectivity index (χ0) is 15.3. The largest absolute Gasteiger partial charge is 0.384 e. The molecule has 1 aromatic rings. The molecule has 0 aliphatic carbocycles. The summed E-state index contributed by atoms with van der Waals surface area (Å²) in [6, 6.07) is 7.05. The van der Waals surface area contributed by atoms with Gasteiger partial charge in [0.15, 0.2) is 0 Å². The molecular formula is C14H24N2O3S. The van der Waals surface area contributed by atoms with Gasteiger partial charge in [-0.3, -0.25) is 9.45 Å². The molecule has 0 aromatic heterocycles. The minimum Gasteiger partial charge on any atom is -0.384 e. The summed E-state index contributed by atoms with van der Waals surface area (Å²) in [5.41, 5.74) is 0.838. The second-order valence-electron chi connectivity index (χ2n) is 5.35. The van der Waals surface area contributed by atoms with E-state index in [0.717, 1.165) is 18.8 Å². The molecule has 0 heterocycles. The lowest BCUT2D eigenvalue weighted by Crippen LogP contribution is -2.40. The van der Waals surface area contributed by atoms with Gasteiger partial charge in [-0.15, -0.1) is 0 Å². The maximum atomic E-state index is 10.9. The molecular weight excluding hydrogens is 276 g/mol.